The number of nitrogens with zero attached hydrogens (tertiary/aromatic N) is 4. The highest BCUT2D eigenvalue weighted by atomic mass is 19.1. The Kier molecular flexibility index (Phi) is 5.79. The van der Waals surface area contributed by atoms with Gasteiger partial charge in [-0.1, -0.05) is 30.3 Å². The van der Waals surface area contributed by atoms with Gasteiger partial charge in [-0.05, 0) is 31.4 Å². The predicted molar refractivity (Wildman–Crippen MR) is 112 cm³/mol. The third-order valence-electron chi connectivity index (χ3n) is 5.52. The van der Waals surface area contributed by atoms with E-state index >= 15 is 0 Å². The molecule has 0 spiro atoms. The Labute approximate surface area is 175 Å². The summed E-state index contributed by atoms with van der Waals surface area (Å²) < 4.78 is 20.4. The molecule has 3 heterocycles. The lowest BCUT2D eigenvalue weighted by molar-refractivity contribution is 0.0497. The number of hydrogen-bond acceptors (Lipinski definition) is 4. The van der Waals surface area contributed by atoms with Gasteiger partial charge in [0.15, 0.2) is 5.69 Å². The third-order valence-corrected chi connectivity index (χ3v) is 5.52. The monoisotopic (exact) mass is 408 g/mol. The lowest BCUT2D eigenvalue weighted by Crippen LogP contribution is -2.47. The first-order valence-corrected chi connectivity index (χ1v) is 10.2. The minimum absolute atomic E-state index is 0.0634. The molecule has 1 aromatic carbocycles. The molecule has 3 aromatic rings. The van der Waals surface area contributed by atoms with E-state index in [4.69, 9.17) is 4.74 Å². The molecule has 0 radical (unpaired) electrons. The number of aromatic nitrogens is 3. The van der Waals surface area contributed by atoms with Crippen LogP contribution < -0.4 is 4.74 Å². The second-order valence-corrected chi connectivity index (χ2v) is 7.81. The smallest absolute Gasteiger partial charge is 0.275 e. The minimum Gasteiger partial charge on any atom is -0.477 e. The molecule has 2 aromatic heterocycles. The van der Waals surface area contributed by atoms with E-state index in [0.29, 0.717) is 24.7 Å². The summed E-state index contributed by atoms with van der Waals surface area (Å²) in [4.78, 5) is 19.3. The zero-order chi connectivity index (χ0) is 21.1. The van der Waals surface area contributed by atoms with Gasteiger partial charge in [-0.15, -0.1) is 0 Å². The second kappa shape index (κ2) is 8.65. The van der Waals surface area contributed by atoms with Gasteiger partial charge < -0.3 is 9.64 Å². The number of carbonyl (C=O) groups is 1. The molecule has 4 rings (SSSR count). The molecule has 0 aliphatic carbocycles. The summed E-state index contributed by atoms with van der Waals surface area (Å²) in [7, 11) is 1.83. The molecule has 6 nitrogen and oxygen atoms in total. The molecule has 7 heteroatoms. The second-order valence-electron chi connectivity index (χ2n) is 7.81. The van der Waals surface area contributed by atoms with Gasteiger partial charge in [0.05, 0.1) is 12.8 Å². The molecule has 2 atom stereocenters. The van der Waals surface area contributed by atoms with Crippen LogP contribution in [0.1, 0.15) is 30.3 Å². The number of likely N-dealkylation sites (tertiary alicyclic amines) is 1. The van der Waals surface area contributed by atoms with Gasteiger partial charge >= 0.3 is 0 Å². The van der Waals surface area contributed by atoms with Crippen LogP contribution in [0.3, 0.4) is 0 Å². The molecule has 0 bridgehead atoms. The number of amides is 1. The summed E-state index contributed by atoms with van der Waals surface area (Å²) in [5, 5.41) is 4.47. The van der Waals surface area contributed by atoms with E-state index in [2.05, 4.69) is 17.0 Å². The van der Waals surface area contributed by atoms with Crippen molar-refractivity contribution < 1.29 is 13.9 Å². The van der Waals surface area contributed by atoms with E-state index in [9.17, 15) is 9.18 Å². The van der Waals surface area contributed by atoms with Crippen molar-refractivity contribution in [2.75, 3.05) is 13.2 Å². The van der Waals surface area contributed by atoms with Crippen molar-refractivity contribution in [1.82, 2.24) is 19.7 Å². The van der Waals surface area contributed by atoms with Crippen molar-refractivity contribution in [3.63, 3.8) is 0 Å². The van der Waals surface area contributed by atoms with E-state index in [1.54, 1.807) is 4.68 Å². The topological polar surface area (TPSA) is 60.2 Å². The van der Waals surface area contributed by atoms with Gasteiger partial charge in [0.2, 0.25) is 5.88 Å². The van der Waals surface area contributed by atoms with Gasteiger partial charge in [0, 0.05) is 43.4 Å². The van der Waals surface area contributed by atoms with E-state index < -0.39 is 5.82 Å². The van der Waals surface area contributed by atoms with Crippen molar-refractivity contribution in [3.05, 3.63) is 66.4 Å². The Bertz CT molecular complexity index is 1000. The van der Waals surface area contributed by atoms with Gasteiger partial charge in [-0.3, -0.25) is 9.48 Å². The molecule has 0 N–H and O–H groups in total. The van der Waals surface area contributed by atoms with E-state index in [1.165, 1.54) is 12.1 Å². The van der Waals surface area contributed by atoms with Crippen molar-refractivity contribution in [2.45, 2.75) is 25.8 Å². The van der Waals surface area contributed by atoms with Crippen molar-refractivity contribution >= 4 is 5.91 Å². The summed E-state index contributed by atoms with van der Waals surface area (Å²) in [6.07, 6.45) is 4.88. The SMILES string of the molecule is CC1CCC(COc2ccc(F)cn2)CN1C(=O)c1nn(C)cc1-c1ccccc1. The van der Waals surface area contributed by atoms with Crippen LogP contribution in [0, 0.1) is 11.7 Å². The average molecular weight is 408 g/mol. The summed E-state index contributed by atoms with van der Waals surface area (Å²) in [5.74, 6) is 0.117. The maximum absolute atomic E-state index is 13.4. The number of piperidine rings is 1. The zero-order valence-corrected chi connectivity index (χ0v) is 17.2. The number of ether oxygens (including phenoxy) is 1. The largest absolute Gasteiger partial charge is 0.477 e. The lowest BCUT2D eigenvalue weighted by atomic mass is 9.93. The molecular weight excluding hydrogens is 383 g/mol. The van der Waals surface area contributed by atoms with Gasteiger partial charge in [-0.25, -0.2) is 9.37 Å². The maximum Gasteiger partial charge on any atom is 0.275 e. The first-order valence-electron chi connectivity index (χ1n) is 10.2. The Morgan fingerprint density at radius 2 is 2.00 bits per heavy atom. The summed E-state index contributed by atoms with van der Waals surface area (Å²) in [6.45, 7) is 3.09. The average Bonchev–Trinajstić information content (AvgIpc) is 3.16. The van der Waals surface area contributed by atoms with Crippen LogP contribution in [0.2, 0.25) is 0 Å². The molecule has 1 aliphatic rings. The fraction of sp³-hybridized carbons (Fsp3) is 0.348. The Morgan fingerprint density at radius 3 is 2.73 bits per heavy atom. The van der Waals surface area contributed by atoms with Gasteiger partial charge in [0.25, 0.3) is 5.91 Å². The van der Waals surface area contributed by atoms with Crippen molar-refractivity contribution in [2.24, 2.45) is 13.0 Å². The highest BCUT2D eigenvalue weighted by Crippen LogP contribution is 2.28. The van der Waals surface area contributed by atoms with Crippen molar-refractivity contribution in [1.29, 1.82) is 0 Å². The Hall–Kier alpha value is -3.22. The van der Waals surface area contributed by atoms with Crippen molar-refractivity contribution in [3.8, 4) is 17.0 Å². The molecule has 2 unspecified atom stereocenters. The number of pyridine rings is 1. The minimum atomic E-state index is -0.393. The number of halogens is 1. The molecule has 156 valence electrons. The predicted octanol–water partition coefficient (Wildman–Crippen LogP) is 3.94. The summed E-state index contributed by atoms with van der Waals surface area (Å²) in [6, 6.07) is 12.8. The maximum atomic E-state index is 13.4. The first-order chi connectivity index (χ1) is 14.5. The standard InChI is InChI=1S/C23H25FN4O2/c1-16-8-9-17(15-30-21-11-10-19(24)12-25-21)13-28(16)23(29)22-20(14-27(2)26-22)18-6-4-3-5-7-18/h3-7,10-12,14,16-17H,8-9,13,15H2,1-2H3. The number of rotatable bonds is 5. The summed E-state index contributed by atoms with van der Waals surface area (Å²) >= 11 is 0. The lowest BCUT2D eigenvalue weighted by Gasteiger charge is -2.37. The molecule has 1 amide bonds. The molecule has 30 heavy (non-hydrogen) atoms. The Morgan fingerprint density at radius 1 is 1.20 bits per heavy atom. The van der Waals surface area contributed by atoms with Gasteiger partial charge in [0.1, 0.15) is 5.82 Å². The fourth-order valence-corrected chi connectivity index (χ4v) is 3.86. The highest BCUT2D eigenvalue weighted by molar-refractivity contribution is 5.99. The van der Waals surface area contributed by atoms with E-state index in [0.717, 1.165) is 30.2 Å². The number of carbonyl (C=O) groups excluding carboxylic acids is 1. The van der Waals surface area contributed by atoms with E-state index in [1.807, 2.05) is 48.5 Å². The molecular formula is C23H25FN4O2. The number of aryl methyl sites for hydroxylation is 1. The van der Waals surface area contributed by atoms with E-state index in [-0.39, 0.29) is 17.9 Å². The molecule has 1 aliphatic heterocycles. The number of benzene rings is 1. The molecule has 1 fully saturated rings. The third kappa shape index (κ3) is 4.35. The van der Waals surface area contributed by atoms with Gasteiger partial charge in [-0.2, -0.15) is 5.10 Å². The van der Waals surface area contributed by atoms with Crippen LogP contribution in [0.5, 0.6) is 5.88 Å². The zero-order valence-electron chi connectivity index (χ0n) is 17.2. The normalized spacial score (nSPS) is 19.0. The van der Waals surface area contributed by atoms with Crippen LogP contribution in [0.25, 0.3) is 11.1 Å². The van der Waals surface area contributed by atoms with Crippen LogP contribution >= 0.6 is 0 Å². The van der Waals surface area contributed by atoms with Crippen LogP contribution in [-0.2, 0) is 7.05 Å². The summed E-state index contributed by atoms with van der Waals surface area (Å²) in [5.41, 5.74) is 2.28. The highest BCUT2D eigenvalue weighted by Gasteiger charge is 2.32. The van der Waals surface area contributed by atoms with Crippen LogP contribution in [0.15, 0.2) is 54.9 Å². The fourth-order valence-electron chi connectivity index (χ4n) is 3.86. The van der Waals surface area contributed by atoms with Crippen LogP contribution in [0.4, 0.5) is 4.39 Å². The quantitative estimate of drug-likeness (QED) is 0.642. The Balaban J connectivity index is 1.49. The molecule has 0 saturated carbocycles. The van der Waals surface area contributed by atoms with Crippen LogP contribution in [-0.4, -0.2) is 44.8 Å². The molecule has 1 saturated heterocycles. The first kappa shape index (κ1) is 20.1. The number of hydrogen-bond donors (Lipinski definition) is 0.